The van der Waals surface area contributed by atoms with Crippen molar-refractivity contribution in [3.8, 4) is 22.3 Å². The van der Waals surface area contributed by atoms with Crippen LogP contribution in [0.25, 0.3) is 22.3 Å². The van der Waals surface area contributed by atoms with Crippen LogP contribution in [0, 0.1) is 6.92 Å². The first-order valence-corrected chi connectivity index (χ1v) is 45.7. The van der Waals surface area contributed by atoms with Crippen LogP contribution < -0.4 is 62.2 Å². The van der Waals surface area contributed by atoms with Gasteiger partial charge in [0.05, 0.1) is 11.4 Å². The van der Waals surface area contributed by atoms with Crippen molar-refractivity contribution in [2.75, 3.05) is 29.4 Å². The van der Waals surface area contributed by atoms with Crippen LogP contribution in [0.15, 0.2) is 352 Å². The molecule has 8 heteroatoms. The predicted octanol–water partition coefficient (Wildman–Crippen LogP) is 28.1. The minimum Gasteiger partial charge on any atom is -0.311 e. The smallest absolute Gasteiger partial charge is 0.252 e. The van der Waals surface area contributed by atoms with E-state index in [2.05, 4.69) is 492 Å². The predicted molar refractivity (Wildman–Crippen MR) is 543 cm³/mol. The molecule has 0 saturated heterocycles. The number of fused-ring (bicyclic) bond motifs is 14. The van der Waals surface area contributed by atoms with Crippen molar-refractivity contribution < 1.29 is 0 Å². The first kappa shape index (κ1) is 79.4. The number of benzene rings is 16. The van der Waals surface area contributed by atoms with E-state index < -0.39 is 5.41 Å². The van der Waals surface area contributed by atoms with Crippen molar-refractivity contribution in [2.45, 2.75) is 150 Å². The normalized spacial score (nSPS) is 15.3. The molecule has 0 amide bonds. The molecule has 4 heterocycles. The minimum absolute atomic E-state index is 0.00468. The molecule has 620 valence electrons. The lowest BCUT2D eigenvalue weighted by atomic mass is 9.33. The monoisotopic (exact) mass is 1640 g/mol. The first-order chi connectivity index (χ1) is 61.1. The average molecular weight is 1640 g/mol. The van der Waals surface area contributed by atoms with Gasteiger partial charge >= 0.3 is 0 Å². The zero-order valence-corrected chi connectivity index (χ0v) is 76.0. The zero-order valence-electron chi connectivity index (χ0n) is 76.0. The molecule has 4 aliphatic heterocycles. The Morgan fingerprint density at radius 1 is 0.260 bits per heavy atom. The Bertz CT molecular complexity index is 7070. The second-order valence-corrected chi connectivity index (χ2v) is 41.2. The van der Waals surface area contributed by atoms with Gasteiger partial charge in [-0.3, -0.25) is 0 Å². The van der Waals surface area contributed by atoms with Crippen LogP contribution in [0.2, 0.25) is 0 Å². The Balaban J connectivity index is 0.696. The lowest BCUT2D eigenvalue weighted by Gasteiger charge is -2.45. The maximum Gasteiger partial charge on any atom is 0.252 e. The molecule has 0 N–H and O–H groups in total. The summed E-state index contributed by atoms with van der Waals surface area (Å²) in [6.45, 7) is 37.4. The van der Waals surface area contributed by atoms with Crippen LogP contribution >= 0.6 is 0 Å². The van der Waals surface area contributed by atoms with E-state index in [0.29, 0.717) is 0 Å². The second-order valence-electron chi connectivity index (χ2n) is 41.2. The molecule has 2 aliphatic carbocycles. The van der Waals surface area contributed by atoms with Gasteiger partial charge in [-0.15, -0.1) is 0 Å². The Kier molecular flexibility index (Phi) is 18.1. The molecule has 16 aromatic rings. The van der Waals surface area contributed by atoms with E-state index in [4.69, 9.17) is 0 Å². The van der Waals surface area contributed by atoms with Gasteiger partial charge in [-0.2, -0.15) is 0 Å². The standard InChI is InChI=1S/C119H108B2N6/c1-76-69-108-113-109(70-76)127(107-74-88(122(82-33-20-17-21-34-82)83-35-22-18-23-36-83)63-66-97(107)121(113)99-72-81(117(11,12)13)56-68-101(99)125(108)87-61-53-79(54-62-87)115(5,6)7)103-46-31-44-95-111(103)91-40-27-29-42-93(91)119(95,16)75-77-49-57-85(58-50-77)123(84-37-24-19-25-38-84)89-64-65-96-106(73-89)126(102-45-30-43-94-110(102)90-39-26-28-41-92(90)118(94,14)15)105-48-32-47-104-112(105)120(96)98-71-80(116(8,9)10)55-67-100(98)124(104)86-59-51-78(52-60-86)114(2,3)4/h17-74H,75H2,1-16H3. The van der Waals surface area contributed by atoms with E-state index in [0.717, 1.165) is 57.6 Å². The van der Waals surface area contributed by atoms with E-state index >= 15 is 0 Å². The topological polar surface area (TPSA) is 19.4 Å². The molecule has 1 atom stereocenters. The number of aryl methyl sites for hydroxylation is 1. The van der Waals surface area contributed by atoms with Gasteiger partial charge in [0, 0.05) is 113 Å². The lowest BCUT2D eigenvalue weighted by Crippen LogP contribution is -2.61. The van der Waals surface area contributed by atoms with E-state index in [1.165, 1.54) is 162 Å². The Morgan fingerprint density at radius 3 is 1.09 bits per heavy atom. The van der Waals surface area contributed by atoms with E-state index in [1.807, 2.05) is 0 Å². The van der Waals surface area contributed by atoms with Gasteiger partial charge in [0.15, 0.2) is 0 Å². The molecule has 0 saturated carbocycles. The molecule has 6 nitrogen and oxygen atoms in total. The molecule has 0 radical (unpaired) electrons. The van der Waals surface area contributed by atoms with Gasteiger partial charge in [-0.05, 0) is 280 Å². The first-order valence-electron chi connectivity index (χ1n) is 45.7. The molecule has 22 rings (SSSR count). The highest BCUT2D eigenvalue weighted by atomic mass is 15.2. The van der Waals surface area contributed by atoms with Gasteiger partial charge in [-0.1, -0.05) is 310 Å². The molecule has 127 heavy (non-hydrogen) atoms. The summed E-state index contributed by atoms with van der Waals surface area (Å²) in [5.74, 6) is 0. The van der Waals surface area contributed by atoms with Crippen molar-refractivity contribution in [1.29, 1.82) is 0 Å². The van der Waals surface area contributed by atoms with Crippen molar-refractivity contribution in [3.63, 3.8) is 0 Å². The number of para-hydroxylation sites is 3. The summed E-state index contributed by atoms with van der Waals surface area (Å²) in [7, 11) is 0. The summed E-state index contributed by atoms with van der Waals surface area (Å²) in [6, 6.07) is 136. The van der Waals surface area contributed by atoms with Crippen molar-refractivity contribution >= 4 is 149 Å². The highest BCUT2D eigenvalue weighted by molar-refractivity contribution is 7.01. The van der Waals surface area contributed by atoms with Gasteiger partial charge in [0.25, 0.3) is 13.4 Å². The fourth-order valence-corrected chi connectivity index (χ4v) is 22.3. The van der Waals surface area contributed by atoms with Gasteiger partial charge in [0.1, 0.15) is 0 Å². The largest absolute Gasteiger partial charge is 0.311 e. The van der Waals surface area contributed by atoms with Crippen molar-refractivity contribution in [3.05, 3.63) is 407 Å². The Morgan fingerprint density at radius 2 is 0.614 bits per heavy atom. The summed E-state index contributed by atoms with van der Waals surface area (Å²) in [5.41, 5.74) is 45.8. The maximum absolute atomic E-state index is 2.68. The van der Waals surface area contributed by atoms with Crippen LogP contribution in [0.4, 0.5) is 102 Å². The molecule has 16 aromatic carbocycles. The van der Waals surface area contributed by atoms with Crippen molar-refractivity contribution in [1.82, 2.24) is 0 Å². The minimum atomic E-state index is -0.446. The van der Waals surface area contributed by atoms with Crippen LogP contribution in [-0.2, 0) is 38.9 Å². The highest BCUT2D eigenvalue weighted by Gasteiger charge is 2.50. The lowest BCUT2D eigenvalue weighted by molar-refractivity contribution is 0.583. The van der Waals surface area contributed by atoms with E-state index in [-0.39, 0.29) is 40.5 Å². The summed E-state index contributed by atoms with van der Waals surface area (Å²) in [5, 5.41) is 0. The van der Waals surface area contributed by atoms with Crippen LogP contribution in [0.5, 0.6) is 0 Å². The Labute approximate surface area is 752 Å². The van der Waals surface area contributed by atoms with E-state index in [9.17, 15) is 0 Å². The van der Waals surface area contributed by atoms with Crippen LogP contribution in [0.1, 0.15) is 159 Å². The number of hydrogen-bond donors (Lipinski definition) is 0. The fraction of sp³-hybridized carbons (Fsp3) is 0.193. The third-order valence-corrected chi connectivity index (χ3v) is 28.7. The van der Waals surface area contributed by atoms with Crippen LogP contribution in [-0.4, -0.2) is 13.4 Å². The molecular weight excluding hydrogens is 1530 g/mol. The quantitative estimate of drug-likeness (QED) is 0.113. The molecule has 0 aromatic heterocycles. The van der Waals surface area contributed by atoms with Gasteiger partial charge < -0.3 is 29.4 Å². The molecular formula is C119H108B2N6. The molecule has 1 unspecified atom stereocenters. The summed E-state index contributed by atoms with van der Waals surface area (Å²) in [6.07, 6.45) is 0.768. The van der Waals surface area contributed by atoms with Crippen molar-refractivity contribution in [2.24, 2.45) is 0 Å². The second kappa shape index (κ2) is 29.0. The molecule has 0 fully saturated rings. The van der Waals surface area contributed by atoms with Gasteiger partial charge in [0.2, 0.25) is 0 Å². The molecule has 0 bridgehead atoms. The maximum atomic E-state index is 2.68. The molecule has 0 spiro atoms. The summed E-state index contributed by atoms with van der Waals surface area (Å²) >= 11 is 0. The summed E-state index contributed by atoms with van der Waals surface area (Å²) in [4.78, 5) is 15.4. The van der Waals surface area contributed by atoms with Gasteiger partial charge in [-0.25, -0.2) is 0 Å². The molecule has 6 aliphatic rings. The number of nitrogens with zero attached hydrogens (tertiary/aromatic N) is 6. The fourth-order valence-electron chi connectivity index (χ4n) is 22.3. The van der Waals surface area contributed by atoms with E-state index in [1.54, 1.807) is 0 Å². The zero-order chi connectivity index (χ0) is 87.3. The average Bonchev–Trinajstić information content (AvgIpc) is 1.59. The highest BCUT2D eigenvalue weighted by Crippen LogP contribution is 2.60. The SMILES string of the molecule is Cc1cc2c3c(c1)N(c1cccc4c1-c1ccccc1C4(C)Cc1ccc(N(c4ccccc4)c4ccc5c(c4)N(c4cccc6c4-c4ccccc4C6(C)C)c4cccc6c4B5c4cc(C(C)(C)C)ccc4N6c4ccc(C(C)(C)C)cc4)cc1)c1cc(N(c4ccccc4)c4ccccc4)ccc1B3c1cc(C(C)(C)C)ccc1N2c1ccc(C(C)(C)C)cc1. The number of anilines is 18. The third-order valence-electron chi connectivity index (χ3n) is 28.7. The number of rotatable bonds is 12. The third kappa shape index (κ3) is 12.6. The van der Waals surface area contributed by atoms with Crippen LogP contribution in [0.3, 0.4) is 0 Å². The summed E-state index contributed by atoms with van der Waals surface area (Å²) < 4.78 is 0. The number of hydrogen-bond acceptors (Lipinski definition) is 6. The Hall–Kier alpha value is -13.6.